The molecule has 2 bridgehead atoms. The van der Waals surface area contributed by atoms with Gasteiger partial charge in [0.25, 0.3) is 0 Å². The summed E-state index contributed by atoms with van der Waals surface area (Å²) >= 11 is 0. The fourth-order valence-electron chi connectivity index (χ4n) is 8.78. The van der Waals surface area contributed by atoms with Crippen LogP contribution in [0.4, 0.5) is 0 Å². The maximum absolute atomic E-state index is 15.0. The number of ether oxygens (including phenoxy) is 4. The zero-order valence-electron chi connectivity index (χ0n) is 30.3. The van der Waals surface area contributed by atoms with Crippen LogP contribution in [0.15, 0.2) is 54.1 Å². The molecule has 1 amide bonds. The molecule has 52 heavy (non-hydrogen) atoms. The molecule has 1 saturated heterocycles. The van der Waals surface area contributed by atoms with Crippen molar-refractivity contribution in [3.63, 3.8) is 0 Å². The second-order valence-corrected chi connectivity index (χ2v) is 15.3. The molecule has 9 unspecified atom stereocenters. The predicted molar refractivity (Wildman–Crippen MR) is 182 cm³/mol. The lowest BCUT2D eigenvalue weighted by molar-refractivity contribution is -0.344. The van der Waals surface area contributed by atoms with E-state index in [0.717, 1.165) is 0 Å². The van der Waals surface area contributed by atoms with Crippen molar-refractivity contribution in [1.82, 2.24) is 5.32 Å². The molecule has 3 aliphatic carbocycles. The van der Waals surface area contributed by atoms with Crippen LogP contribution in [0.25, 0.3) is 0 Å². The van der Waals surface area contributed by atoms with Crippen molar-refractivity contribution in [3.05, 3.63) is 59.7 Å². The van der Waals surface area contributed by atoms with E-state index in [1.54, 1.807) is 32.0 Å². The van der Waals surface area contributed by atoms with Gasteiger partial charge in [0, 0.05) is 37.5 Å². The monoisotopic (exact) mass is 727 g/mol. The normalized spacial score (nSPS) is 35.9. The van der Waals surface area contributed by atoms with E-state index in [-0.39, 0.29) is 42.6 Å². The second kappa shape index (κ2) is 14.1. The number of fused-ring (bicyclic) bond motifs is 5. The molecule has 14 heteroatoms. The van der Waals surface area contributed by atoms with Gasteiger partial charge in [-0.3, -0.25) is 14.4 Å². The molecule has 5 N–H and O–H groups in total. The third-order valence-electron chi connectivity index (χ3n) is 11.8. The van der Waals surface area contributed by atoms with Crippen LogP contribution in [0.2, 0.25) is 0 Å². The smallest absolute Gasteiger partial charge is 0.338 e. The Morgan fingerprint density at radius 2 is 1.75 bits per heavy atom. The Labute approximate surface area is 302 Å². The van der Waals surface area contributed by atoms with E-state index >= 15 is 0 Å². The molecule has 284 valence electrons. The Morgan fingerprint density at radius 3 is 2.33 bits per heavy atom. The number of Topliss-reactive ketones (excluding diaryl/α,β-unsaturated/α-hetero) is 1. The SMILES string of the molecule is C=CCCC(=O)OC1CC2OCC2(O)C2C(OC(=O)c3ccccc3)C3(O)CC(OC(=O)C(O)[C@H](C)NC(C)=O)C(C)=C(C(O)C(=O)[C@]12C)C3(C)C. The topological polar surface area (TPSA) is 215 Å². The summed E-state index contributed by atoms with van der Waals surface area (Å²) in [5, 5.41) is 50.9. The summed E-state index contributed by atoms with van der Waals surface area (Å²) in [4.78, 5) is 67.0. The van der Waals surface area contributed by atoms with Gasteiger partial charge in [-0.2, -0.15) is 0 Å². The fourth-order valence-corrected chi connectivity index (χ4v) is 8.78. The molecular formula is C38H49NO13. The molecule has 1 aromatic rings. The molecule has 4 aliphatic rings. The van der Waals surface area contributed by atoms with Gasteiger partial charge in [0.2, 0.25) is 5.91 Å². The number of esters is 3. The Kier molecular flexibility index (Phi) is 10.7. The van der Waals surface area contributed by atoms with Crippen molar-refractivity contribution in [3.8, 4) is 0 Å². The lowest BCUT2D eigenvalue weighted by Crippen LogP contribution is -2.81. The van der Waals surface area contributed by atoms with Gasteiger partial charge >= 0.3 is 17.9 Å². The summed E-state index contributed by atoms with van der Waals surface area (Å²) in [5.41, 5.74) is -7.54. The van der Waals surface area contributed by atoms with E-state index in [1.807, 2.05) is 0 Å². The number of allylic oxidation sites excluding steroid dienone is 1. The van der Waals surface area contributed by atoms with Gasteiger partial charge in [0.1, 0.15) is 35.6 Å². The van der Waals surface area contributed by atoms with Crippen molar-refractivity contribution >= 4 is 29.6 Å². The van der Waals surface area contributed by atoms with E-state index in [2.05, 4.69) is 11.9 Å². The summed E-state index contributed by atoms with van der Waals surface area (Å²) in [5.74, 6) is -5.67. The third kappa shape index (κ3) is 6.27. The first-order valence-electron chi connectivity index (χ1n) is 17.5. The number of carbonyl (C=O) groups is 5. The van der Waals surface area contributed by atoms with E-state index in [0.29, 0.717) is 0 Å². The van der Waals surface area contributed by atoms with Crippen LogP contribution in [0.1, 0.15) is 77.6 Å². The first kappa shape index (κ1) is 39.3. The van der Waals surface area contributed by atoms with Crippen LogP contribution < -0.4 is 5.32 Å². The highest BCUT2D eigenvalue weighted by atomic mass is 16.6. The molecule has 11 atom stereocenters. The van der Waals surface area contributed by atoms with Crippen molar-refractivity contribution in [2.45, 2.75) is 121 Å². The lowest BCUT2D eigenvalue weighted by atomic mass is 9.44. The van der Waals surface area contributed by atoms with Crippen molar-refractivity contribution in [2.24, 2.45) is 16.7 Å². The van der Waals surface area contributed by atoms with E-state index in [9.17, 15) is 44.4 Å². The van der Waals surface area contributed by atoms with Crippen LogP contribution in [-0.4, -0.2) is 110 Å². The number of ketones is 1. The number of nitrogens with one attached hydrogen (secondary N) is 1. The first-order chi connectivity index (χ1) is 24.2. The summed E-state index contributed by atoms with van der Waals surface area (Å²) < 4.78 is 23.7. The van der Waals surface area contributed by atoms with Gasteiger partial charge in [-0.1, -0.05) is 38.1 Å². The summed E-state index contributed by atoms with van der Waals surface area (Å²) in [6, 6.07) is 6.82. The van der Waals surface area contributed by atoms with E-state index in [4.69, 9.17) is 18.9 Å². The Hall–Kier alpha value is -3.95. The molecule has 0 aromatic heterocycles. The number of rotatable bonds is 10. The average Bonchev–Trinajstić information content (AvgIpc) is 3.08. The number of carbonyl (C=O) groups excluding carboxylic acids is 5. The minimum absolute atomic E-state index is 0.0374. The van der Waals surface area contributed by atoms with Gasteiger partial charge in [-0.25, -0.2) is 9.59 Å². The molecule has 5 rings (SSSR count). The van der Waals surface area contributed by atoms with Crippen molar-refractivity contribution in [1.29, 1.82) is 0 Å². The van der Waals surface area contributed by atoms with Crippen LogP contribution in [-0.2, 0) is 38.1 Å². The number of benzene rings is 1. The van der Waals surface area contributed by atoms with E-state index < -0.39 is 107 Å². The molecule has 14 nitrogen and oxygen atoms in total. The summed E-state index contributed by atoms with van der Waals surface area (Å²) in [6.07, 6.45) is -8.16. The lowest BCUT2D eigenvalue weighted by Gasteiger charge is -2.67. The van der Waals surface area contributed by atoms with Gasteiger partial charge in [0.15, 0.2) is 11.9 Å². The Bertz CT molecular complexity index is 1660. The zero-order valence-corrected chi connectivity index (χ0v) is 30.3. The summed E-state index contributed by atoms with van der Waals surface area (Å²) in [6.45, 7) is 11.9. The minimum Gasteiger partial charge on any atom is -0.461 e. The molecule has 2 saturated carbocycles. The molecule has 0 radical (unpaired) electrons. The number of hydrogen-bond acceptors (Lipinski definition) is 13. The highest BCUT2D eigenvalue weighted by Gasteiger charge is 2.77. The first-order valence-corrected chi connectivity index (χ1v) is 17.5. The number of hydrogen-bond donors (Lipinski definition) is 5. The highest BCUT2D eigenvalue weighted by molar-refractivity contribution is 5.94. The van der Waals surface area contributed by atoms with Crippen LogP contribution in [0, 0.1) is 16.7 Å². The maximum Gasteiger partial charge on any atom is 0.338 e. The van der Waals surface area contributed by atoms with Crippen molar-refractivity contribution in [2.75, 3.05) is 6.61 Å². The van der Waals surface area contributed by atoms with Crippen LogP contribution >= 0.6 is 0 Å². The average molecular weight is 728 g/mol. The van der Waals surface area contributed by atoms with E-state index in [1.165, 1.54) is 45.9 Å². The number of amides is 1. The van der Waals surface area contributed by atoms with Gasteiger partial charge in [-0.15, -0.1) is 6.58 Å². The van der Waals surface area contributed by atoms with Gasteiger partial charge < -0.3 is 44.7 Å². The Morgan fingerprint density at radius 1 is 1.10 bits per heavy atom. The van der Waals surface area contributed by atoms with Gasteiger partial charge in [-0.05, 0) is 50.5 Å². The molecule has 0 spiro atoms. The molecule has 3 fully saturated rings. The predicted octanol–water partition coefficient (Wildman–Crippen LogP) is 1.46. The molecule has 1 aliphatic heterocycles. The summed E-state index contributed by atoms with van der Waals surface area (Å²) in [7, 11) is 0. The highest BCUT2D eigenvalue weighted by Crippen LogP contribution is 2.63. The number of aliphatic hydroxyl groups is 4. The largest absolute Gasteiger partial charge is 0.461 e. The van der Waals surface area contributed by atoms with Crippen LogP contribution in [0.5, 0.6) is 0 Å². The molecule has 1 heterocycles. The fraction of sp³-hybridized carbons (Fsp3) is 0.605. The second-order valence-electron chi connectivity index (χ2n) is 15.3. The Balaban J connectivity index is 1.71. The van der Waals surface area contributed by atoms with Gasteiger partial charge in [0.05, 0.1) is 29.7 Å². The zero-order chi connectivity index (χ0) is 38.6. The quantitative estimate of drug-likeness (QED) is 0.131. The molecular weight excluding hydrogens is 678 g/mol. The standard InChI is InChI=1S/C38H49NO13/c1-8-9-15-26(41)51-24-16-25-37(47,18-49-25)30-32(52-33(45)22-13-11-10-12-14-22)38(48)17-23(50-34(46)28(42)20(3)39-21(4)40)19(2)27(35(38,5)6)29(43)31(44)36(24,30)7/h8,10-14,20,23-25,28-30,32,42-43,47-48H,1,9,15-18H2,2-7H3,(H,39,40)/t20-,23?,24?,25?,28?,29?,30?,32?,36+,37?,38?/m0/s1. The number of aliphatic hydroxyl groups excluding tert-OH is 2. The van der Waals surface area contributed by atoms with Crippen LogP contribution in [0.3, 0.4) is 0 Å². The maximum atomic E-state index is 15.0. The van der Waals surface area contributed by atoms with Crippen molar-refractivity contribution < 1.29 is 63.3 Å². The minimum atomic E-state index is -2.30. The molecule has 1 aromatic carbocycles. The third-order valence-corrected chi connectivity index (χ3v) is 11.8.